The summed E-state index contributed by atoms with van der Waals surface area (Å²) in [5, 5.41) is 5.29. The molecule has 0 saturated carbocycles. The summed E-state index contributed by atoms with van der Waals surface area (Å²) in [6.45, 7) is 0. The van der Waals surface area contributed by atoms with Gasteiger partial charge in [-0.05, 0) is 18.2 Å². The van der Waals surface area contributed by atoms with E-state index in [1.807, 2.05) is 0 Å². The van der Waals surface area contributed by atoms with Crippen LogP contribution in [0.1, 0.15) is 20.8 Å². The van der Waals surface area contributed by atoms with E-state index in [4.69, 9.17) is 4.42 Å². The second kappa shape index (κ2) is 7.12. The predicted octanol–water partition coefficient (Wildman–Crippen LogP) is 3.28. The number of nitrogens with zero attached hydrogens (tertiary/aromatic N) is 1. The molecule has 0 radical (unpaired) electrons. The summed E-state index contributed by atoms with van der Waals surface area (Å²) in [4.78, 5) is 43.2. The number of nitrogens with one attached hydrogen (secondary N) is 2. The fourth-order valence-corrected chi connectivity index (χ4v) is 3.33. The molecule has 4 aromatic rings. The number of amides is 1. The minimum Gasteiger partial charge on any atom is -0.464 e. The molecule has 1 aromatic carbocycles. The summed E-state index contributed by atoms with van der Waals surface area (Å²) in [6.07, 6.45) is 1.62. The number of rotatable bonds is 4. The van der Waals surface area contributed by atoms with Crippen molar-refractivity contribution in [3.05, 3.63) is 69.7 Å². The van der Waals surface area contributed by atoms with Gasteiger partial charge in [-0.3, -0.25) is 10.1 Å². The molecule has 0 bridgehead atoms. The predicted molar refractivity (Wildman–Crippen MR) is 104 cm³/mol. The number of H-pyrrole nitrogens is 1. The first kappa shape index (κ1) is 17.7. The number of fused-ring (bicyclic) bond motifs is 1. The number of carbonyl (C=O) groups excluding carboxylic acids is 2. The summed E-state index contributed by atoms with van der Waals surface area (Å²) in [7, 11) is 1.29. The van der Waals surface area contributed by atoms with Gasteiger partial charge in [-0.1, -0.05) is 18.2 Å². The molecule has 9 heteroatoms. The van der Waals surface area contributed by atoms with E-state index in [1.54, 1.807) is 41.9 Å². The summed E-state index contributed by atoms with van der Waals surface area (Å²) in [5.41, 5.74) is 1.12. The van der Waals surface area contributed by atoms with Crippen LogP contribution in [0.2, 0.25) is 0 Å². The average molecular weight is 395 g/mol. The third-order valence-corrected chi connectivity index (χ3v) is 4.75. The van der Waals surface area contributed by atoms with Crippen LogP contribution in [-0.2, 0) is 4.74 Å². The van der Waals surface area contributed by atoms with Gasteiger partial charge in [0.15, 0.2) is 5.13 Å². The monoisotopic (exact) mass is 395 g/mol. The number of aromatic nitrogens is 2. The number of thiazole rings is 1. The number of anilines is 1. The Balaban J connectivity index is 1.56. The Bertz CT molecular complexity index is 1250. The average Bonchev–Trinajstić information content (AvgIpc) is 3.36. The van der Waals surface area contributed by atoms with Crippen molar-refractivity contribution in [3.8, 4) is 11.3 Å². The molecular formula is C19H13N3O5S. The highest BCUT2D eigenvalue weighted by molar-refractivity contribution is 7.14. The molecule has 0 fully saturated rings. The van der Waals surface area contributed by atoms with Crippen molar-refractivity contribution in [1.82, 2.24) is 9.97 Å². The SMILES string of the molecule is COC(=O)c1cc(-c2csc(NC(=O)c3cc4ccccc4oc3=O)n2)c[nH]1. The van der Waals surface area contributed by atoms with Crippen LogP contribution in [0.5, 0.6) is 0 Å². The van der Waals surface area contributed by atoms with E-state index >= 15 is 0 Å². The zero-order chi connectivity index (χ0) is 19.7. The van der Waals surface area contributed by atoms with E-state index in [-0.39, 0.29) is 5.56 Å². The van der Waals surface area contributed by atoms with Gasteiger partial charge < -0.3 is 14.1 Å². The molecule has 0 aliphatic carbocycles. The van der Waals surface area contributed by atoms with Crippen LogP contribution in [0.15, 0.2) is 57.2 Å². The topological polar surface area (TPSA) is 114 Å². The molecule has 3 aromatic heterocycles. The lowest BCUT2D eigenvalue weighted by molar-refractivity contribution is 0.0594. The molecule has 0 unspecified atom stereocenters. The maximum absolute atomic E-state index is 12.5. The van der Waals surface area contributed by atoms with Crippen molar-refractivity contribution >= 4 is 39.3 Å². The van der Waals surface area contributed by atoms with Gasteiger partial charge in [0.2, 0.25) is 0 Å². The number of hydrogen-bond acceptors (Lipinski definition) is 7. The van der Waals surface area contributed by atoms with Crippen molar-refractivity contribution < 1.29 is 18.7 Å². The van der Waals surface area contributed by atoms with Gasteiger partial charge in [0.25, 0.3) is 5.91 Å². The second-order valence-corrected chi connectivity index (χ2v) is 6.63. The first-order valence-corrected chi connectivity index (χ1v) is 9.00. The lowest BCUT2D eigenvalue weighted by Gasteiger charge is -2.02. The van der Waals surface area contributed by atoms with Crippen molar-refractivity contribution in [3.63, 3.8) is 0 Å². The summed E-state index contributed by atoms with van der Waals surface area (Å²) < 4.78 is 9.83. The van der Waals surface area contributed by atoms with E-state index in [1.165, 1.54) is 24.5 Å². The molecule has 8 nitrogen and oxygen atoms in total. The largest absolute Gasteiger partial charge is 0.464 e. The van der Waals surface area contributed by atoms with Gasteiger partial charge in [0.1, 0.15) is 16.8 Å². The van der Waals surface area contributed by atoms with Gasteiger partial charge in [0.05, 0.1) is 12.8 Å². The molecule has 0 spiro atoms. The molecule has 0 aliphatic rings. The molecular weight excluding hydrogens is 382 g/mol. The molecule has 0 atom stereocenters. The Morgan fingerprint density at radius 1 is 1.25 bits per heavy atom. The minimum absolute atomic E-state index is 0.106. The Morgan fingerprint density at radius 2 is 2.07 bits per heavy atom. The van der Waals surface area contributed by atoms with E-state index in [0.717, 1.165) is 0 Å². The van der Waals surface area contributed by atoms with Crippen molar-refractivity contribution in [1.29, 1.82) is 0 Å². The highest BCUT2D eigenvalue weighted by Crippen LogP contribution is 2.26. The third kappa shape index (κ3) is 3.30. The number of ether oxygens (including phenoxy) is 1. The van der Waals surface area contributed by atoms with Crippen molar-refractivity contribution in [2.75, 3.05) is 12.4 Å². The fourth-order valence-electron chi connectivity index (χ4n) is 2.62. The van der Waals surface area contributed by atoms with E-state index < -0.39 is 17.5 Å². The van der Waals surface area contributed by atoms with E-state index in [2.05, 4.69) is 20.0 Å². The number of para-hydroxylation sites is 1. The maximum atomic E-state index is 12.5. The van der Waals surface area contributed by atoms with Crippen LogP contribution >= 0.6 is 11.3 Å². The molecule has 2 N–H and O–H groups in total. The normalized spacial score (nSPS) is 10.8. The molecule has 3 heterocycles. The number of aromatic amines is 1. The summed E-state index contributed by atoms with van der Waals surface area (Å²) >= 11 is 1.19. The standard InChI is InChI=1S/C19H13N3O5S/c1-26-18(25)13-7-11(8-20-13)14-9-28-19(21-14)22-16(23)12-6-10-4-2-3-5-15(10)27-17(12)24/h2-9,20H,1H3,(H,21,22,23). The van der Waals surface area contributed by atoms with Crippen LogP contribution in [0.4, 0.5) is 5.13 Å². The molecule has 0 aliphatic heterocycles. The molecule has 0 saturated heterocycles. The lowest BCUT2D eigenvalue weighted by Crippen LogP contribution is -2.20. The second-order valence-electron chi connectivity index (χ2n) is 5.77. The molecule has 4 rings (SSSR count). The maximum Gasteiger partial charge on any atom is 0.354 e. The Hall–Kier alpha value is -3.72. The fraction of sp³-hybridized carbons (Fsp3) is 0.0526. The zero-order valence-electron chi connectivity index (χ0n) is 14.5. The van der Waals surface area contributed by atoms with Gasteiger partial charge in [-0.15, -0.1) is 11.3 Å². The van der Waals surface area contributed by atoms with Gasteiger partial charge >= 0.3 is 11.6 Å². The smallest absolute Gasteiger partial charge is 0.354 e. The minimum atomic E-state index is -0.721. The van der Waals surface area contributed by atoms with Crippen molar-refractivity contribution in [2.24, 2.45) is 0 Å². The highest BCUT2D eigenvalue weighted by Gasteiger charge is 2.16. The number of hydrogen-bond donors (Lipinski definition) is 2. The van der Waals surface area contributed by atoms with Crippen LogP contribution < -0.4 is 10.9 Å². The van der Waals surface area contributed by atoms with Crippen LogP contribution in [0, 0.1) is 0 Å². The number of benzene rings is 1. The van der Waals surface area contributed by atoms with Crippen LogP contribution in [-0.4, -0.2) is 29.0 Å². The Kier molecular flexibility index (Phi) is 4.50. The summed E-state index contributed by atoms with van der Waals surface area (Å²) in [5.74, 6) is -1.09. The Morgan fingerprint density at radius 3 is 2.89 bits per heavy atom. The van der Waals surface area contributed by atoms with Gasteiger partial charge in [0, 0.05) is 22.5 Å². The van der Waals surface area contributed by atoms with E-state index in [9.17, 15) is 14.4 Å². The quantitative estimate of drug-likeness (QED) is 0.405. The van der Waals surface area contributed by atoms with E-state index in [0.29, 0.717) is 33.1 Å². The van der Waals surface area contributed by atoms with Crippen LogP contribution in [0.25, 0.3) is 22.2 Å². The third-order valence-electron chi connectivity index (χ3n) is 3.99. The first-order valence-electron chi connectivity index (χ1n) is 8.12. The number of esters is 1. The number of methoxy groups -OCH3 is 1. The van der Waals surface area contributed by atoms with Crippen LogP contribution in [0.3, 0.4) is 0 Å². The van der Waals surface area contributed by atoms with Gasteiger partial charge in [-0.25, -0.2) is 14.6 Å². The molecule has 28 heavy (non-hydrogen) atoms. The van der Waals surface area contributed by atoms with Crippen molar-refractivity contribution in [2.45, 2.75) is 0 Å². The molecule has 140 valence electrons. The molecule has 1 amide bonds. The first-order chi connectivity index (χ1) is 13.5. The lowest BCUT2D eigenvalue weighted by atomic mass is 10.2. The van der Waals surface area contributed by atoms with Gasteiger partial charge in [-0.2, -0.15) is 0 Å². The highest BCUT2D eigenvalue weighted by atomic mass is 32.1. The Labute approximate surface area is 161 Å². The zero-order valence-corrected chi connectivity index (χ0v) is 15.3. The number of carbonyl (C=O) groups is 2. The summed E-state index contributed by atoms with van der Waals surface area (Å²) in [6, 6.07) is 10.0.